The van der Waals surface area contributed by atoms with E-state index in [1.807, 2.05) is 0 Å². The Morgan fingerprint density at radius 3 is 2.39 bits per heavy atom. The maximum Gasteiger partial charge on any atom is 0.310 e. The van der Waals surface area contributed by atoms with Crippen molar-refractivity contribution in [2.45, 2.75) is 51.5 Å². The molecule has 2 heterocycles. The highest BCUT2D eigenvalue weighted by Crippen LogP contribution is 2.26. The van der Waals surface area contributed by atoms with Gasteiger partial charge in [-0.15, -0.1) is 0 Å². The molecule has 0 radical (unpaired) electrons. The molecule has 0 saturated carbocycles. The van der Waals surface area contributed by atoms with Gasteiger partial charge in [-0.2, -0.15) is 4.31 Å². The summed E-state index contributed by atoms with van der Waals surface area (Å²) < 4.78 is 32.6. The number of H-pyrrole nitrogens is 1. The highest BCUT2D eigenvalue weighted by molar-refractivity contribution is 7.89. The molecule has 8 nitrogen and oxygen atoms in total. The van der Waals surface area contributed by atoms with E-state index < -0.39 is 33.8 Å². The smallest absolute Gasteiger partial charge is 0.310 e. The lowest BCUT2D eigenvalue weighted by Crippen LogP contribution is -2.43. The maximum absolute atomic E-state index is 13.0. The first-order valence-electron chi connectivity index (χ1n) is 10.6. The second-order valence-electron chi connectivity index (χ2n) is 8.28. The molecule has 0 amide bonds. The molecule has 1 N–H and O–H groups in total. The van der Waals surface area contributed by atoms with E-state index in [0.717, 1.165) is 0 Å². The van der Waals surface area contributed by atoms with Gasteiger partial charge < -0.3 is 9.72 Å². The number of aromatic nitrogens is 1. The summed E-state index contributed by atoms with van der Waals surface area (Å²) in [6.07, 6.45) is -0.134. The van der Waals surface area contributed by atoms with E-state index in [0.29, 0.717) is 34.7 Å². The predicted octanol–water partition coefficient (Wildman–Crippen LogP) is 3.70. The molecule has 1 aromatic heterocycles. The van der Waals surface area contributed by atoms with Gasteiger partial charge in [-0.1, -0.05) is 11.6 Å². The third-order valence-corrected chi connectivity index (χ3v) is 8.00. The Balaban J connectivity index is 1.70. The summed E-state index contributed by atoms with van der Waals surface area (Å²) in [6.45, 7) is 6.53. The molecule has 2 atom stereocenters. The van der Waals surface area contributed by atoms with Crippen LogP contribution in [-0.4, -0.2) is 54.4 Å². The van der Waals surface area contributed by atoms with Crippen molar-refractivity contribution in [2.75, 3.05) is 13.1 Å². The number of sulfonamides is 1. The number of benzene rings is 1. The Morgan fingerprint density at radius 1 is 1.18 bits per heavy atom. The van der Waals surface area contributed by atoms with Crippen molar-refractivity contribution in [1.82, 2.24) is 9.29 Å². The van der Waals surface area contributed by atoms with Crippen molar-refractivity contribution in [1.29, 1.82) is 0 Å². The molecule has 3 rings (SSSR count). The standard InChI is InChI=1S/C23H27ClN2O6S/c1-13-20(15(3)27)14(2)25-21(13)22(28)16(4)32-23(29)17-6-5-11-26(12-17)33(30,31)19-9-7-18(24)8-10-19/h7-10,16-17,25H,5-6,11-12H2,1-4H3. The molecule has 2 aromatic rings. The largest absolute Gasteiger partial charge is 0.454 e. The molecule has 178 valence electrons. The Bertz CT molecular complexity index is 1190. The van der Waals surface area contributed by atoms with E-state index in [4.69, 9.17) is 16.3 Å². The number of piperidine rings is 1. The van der Waals surface area contributed by atoms with Crippen molar-refractivity contribution in [3.05, 3.63) is 51.8 Å². The van der Waals surface area contributed by atoms with E-state index in [-0.39, 0.29) is 29.5 Å². The molecule has 0 aliphatic carbocycles. The number of hydrogen-bond acceptors (Lipinski definition) is 6. The van der Waals surface area contributed by atoms with Crippen LogP contribution in [0.5, 0.6) is 0 Å². The molecule has 0 spiro atoms. The highest BCUT2D eigenvalue weighted by atomic mass is 35.5. The number of ether oxygens (including phenoxy) is 1. The lowest BCUT2D eigenvalue weighted by molar-refractivity contribution is -0.152. The van der Waals surface area contributed by atoms with E-state index in [1.165, 1.54) is 42.4 Å². The Morgan fingerprint density at radius 2 is 1.82 bits per heavy atom. The number of aryl methyl sites for hydroxylation is 1. The lowest BCUT2D eigenvalue weighted by Gasteiger charge is -2.31. The van der Waals surface area contributed by atoms with E-state index in [2.05, 4.69) is 4.98 Å². The molecular formula is C23H27ClN2O6S. The van der Waals surface area contributed by atoms with Gasteiger partial charge in [0.2, 0.25) is 15.8 Å². The molecule has 1 aliphatic heterocycles. The fourth-order valence-corrected chi connectivity index (χ4v) is 5.81. The number of carbonyl (C=O) groups is 3. The lowest BCUT2D eigenvalue weighted by atomic mass is 9.99. The van der Waals surface area contributed by atoms with Gasteiger partial charge in [0, 0.05) is 29.4 Å². The Kier molecular flexibility index (Phi) is 7.45. The van der Waals surface area contributed by atoms with Crippen LogP contribution < -0.4 is 0 Å². The van der Waals surface area contributed by atoms with E-state index in [9.17, 15) is 22.8 Å². The molecule has 0 bridgehead atoms. The van der Waals surface area contributed by atoms with Gasteiger partial charge in [-0.3, -0.25) is 14.4 Å². The summed E-state index contributed by atoms with van der Waals surface area (Å²) in [5, 5.41) is 0.427. The first-order chi connectivity index (χ1) is 15.4. The van der Waals surface area contributed by atoms with Gasteiger partial charge in [-0.25, -0.2) is 8.42 Å². The number of aromatic amines is 1. The zero-order valence-corrected chi connectivity index (χ0v) is 20.5. The molecule has 1 aromatic carbocycles. The van der Waals surface area contributed by atoms with Crippen molar-refractivity contribution < 1.29 is 27.5 Å². The van der Waals surface area contributed by atoms with E-state index in [1.54, 1.807) is 13.8 Å². The van der Waals surface area contributed by atoms with Crippen LogP contribution in [0.25, 0.3) is 0 Å². The second kappa shape index (κ2) is 9.79. The van der Waals surface area contributed by atoms with Crippen molar-refractivity contribution in [3.8, 4) is 0 Å². The van der Waals surface area contributed by atoms with Gasteiger partial charge in [0.15, 0.2) is 11.9 Å². The first kappa shape index (κ1) is 25.1. The number of Topliss-reactive ketones (excluding diaryl/α,β-unsaturated/α-hetero) is 2. The fraction of sp³-hybridized carbons (Fsp3) is 0.435. The van der Waals surface area contributed by atoms with Crippen LogP contribution in [0, 0.1) is 19.8 Å². The van der Waals surface area contributed by atoms with Crippen LogP contribution >= 0.6 is 11.6 Å². The van der Waals surface area contributed by atoms with Gasteiger partial charge in [-0.05, 0) is 70.4 Å². The summed E-state index contributed by atoms with van der Waals surface area (Å²) in [5.41, 5.74) is 1.78. The monoisotopic (exact) mass is 494 g/mol. The van der Waals surface area contributed by atoms with Crippen LogP contribution in [-0.2, 0) is 19.6 Å². The Hall–Kier alpha value is -2.49. The van der Waals surface area contributed by atoms with Crippen LogP contribution in [0.3, 0.4) is 0 Å². The minimum Gasteiger partial charge on any atom is -0.454 e. The molecule has 1 saturated heterocycles. The number of hydrogen-bond donors (Lipinski definition) is 1. The number of nitrogens with zero attached hydrogens (tertiary/aromatic N) is 1. The number of esters is 1. The SMILES string of the molecule is CC(=O)c1c(C)[nH]c(C(=O)C(C)OC(=O)C2CCCN(S(=O)(=O)c3ccc(Cl)cc3)C2)c1C. The highest BCUT2D eigenvalue weighted by Gasteiger charge is 2.35. The van der Waals surface area contributed by atoms with Crippen LogP contribution in [0.15, 0.2) is 29.2 Å². The average Bonchev–Trinajstić information content (AvgIpc) is 3.07. The summed E-state index contributed by atoms with van der Waals surface area (Å²) in [4.78, 5) is 40.5. The number of nitrogens with one attached hydrogen (secondary N) is 1. The maximum atomic E-state index is 13.0. The zero-order chi connectivity index (χ0) is 24.5. The number of carbonyl (C=O) groups excluding carboxylic acids is 3. The minimum atomic E-state index is -3.79. The summed E-state index contributed by atoms with van der Waals surface area (Å²) in [7, 11) is -3.79. The number of ketones is 2. The number of halogens is 1. The van der Waals surface area contributed by atoms with Crippen molar-refractivity contribution in [2.24, 2.45) is 5.92 Å². The third kappa shape index (κ3) is 5.20. The van der Waals surface area contributed by atoms with Crippen LogP contribution in [0.2, 0.25) is 5.02 Å². The minimum absolute atomic E-state index is 0.0280. The molecule has 2 unspecified atom stereocenters. The predicted molar refractivity (Wildman–Crippen MR) is 123 cm³/mol. The molecule has 10 heteroatoms. The normalized spacial score (nSPS) is 18.0. The van der Waals surface area contributed by atoms with E-state index >= 15 is 0 Å². The molecule has 1 aliphatic rings. The van der Waals surface area contributed by atoms with Crippen molar-refractivity contribution in [3.63, 3.8) is 0 Å². The van der Waals surface area contributed by atoms with Gasteiger partial charge in [0.05, 0.1) is 16.5 Å². The molecule has 1 fully saturated rings. The number of rotatable bonds is 7. The summed E-state index contributed by atoms with van der Waals surface area (Å²) in [5.74, 6) is -1.91. The molecular weight excluding hydrogens is 468 g/mol. The van der Waals surface area contributed by atoms with Crippen LogP contribution in [0.4, 0.5) is 0 Å². The zero-order valence-electron chi connectivity index (χ0n) is 19.0. The van der Waals surface area contributed by atoms with Gasteiger partial charge in [0.25, 0.3) is 0 Å². The topological polar surface area (TPSA) is 114 Å². The second-order valence-corrected chi connectivity index (χ2v) is 10.7. The molecule has 33 heavy (non-hydrogen) atoms. The average molecular weight is 495 g/mol. The van der Waals surface area contributed by atoms with Gasteiger partial charge in [0.1, 0.15) is 0 Å². The Labute approximate surface area is 198 Å². The van der Waals surface area contributed by atoms with Gasteiger partial charge >= 0.3 is 5.97 Å². The fourth-order valence-electron chi connectivity index (χ4n) is 4.16. The summed E-state index contributed by atoms with van der Waals surface area (Å²) >= 11 is 5.85. The quantitative estimate of drug-likeness (QED) is 0.463. The first-order valence-corrected chi connectivity index (χ1v) is 12.5. The van der Waals surface area contributed by atoms with Crippen molar-refractivity contribution >= 4 is 39.2 Å². The van der Waals surface area contributed by atoms with Crippen LogP contribution in [0.1, 0.15) is 58.8 Å². The third-order valence-electron chi connectivity index (χ3n) is 5.87. The summed E-state index contributed by atoms with van der Waals surface area (Å²) in [6, 6.07) is 5.85.